The molecule has 0 unspecified atom stereocenters. The molecule has 18 heteroatoms. The number of fused-ring (bicyclic) bond motifs is 3. The van der Waals surface area contributed by atoms with Gasteiger partial charge >= 0.3 is 0 Å². The van der Waals surface area contributed by atoms with Crippen molar-refractivity contribution in [1.82, 2.24) is 60.8 Å². The lowest BCUT2D eigenvalue weighted by Crippen LogP contribution is -2.60. The lowest BCUT2D eigenvalue weighted by atomic mass is 10.0. The van der Waals surface area contributed by atoms with E-state index in [4.69, 9.17) is 9.97 Å². The zero-order valence-corrected chi connectivity index (χ0v) is 47.1. The summed E-state index contributed by atoms with van der Waals surface area (Å²) in [6.07, 6.45) is 9.06. The van der Waals surface area contributed by atoms with Gasteiger partial charge in [-0.2, -0.15) is 0 Å². The van der Waals surface area contributed by atoms with Gasteiger partial charge in [-0.25, -0.2) is 9.97 Å². The summed E-state index contributed by atoms with van der Waals surface area (Å²) >= 11 is 0. The SMILES string of the molecule is CCN(C[C@H](NC(=O)[C@H](C)NC)C(=O)N1CCC[C@H]1c1nc2cccc(-c3ccccc3)c2[nH]1)C(=O)CCCCCCCCC(=O)N1CC[C@H]2CC[C@@H](c3nc4cccc(-c5ccccc5)c4[nH]3)N2C(=O)[C@@H](NC(=O)[C@H](C)NC)C1. The van der Waals surface area contributed by atoms with E-state index in [2.05, 4.69) is 67.6 Å². The van der Waals surface area contributed by atoms with Gasteiger partial charge in [0.1, 0.15) is 23.7 Å². The van der Waals surface area contributed by atoms with E-state index >= 15 is 0 Å². The Morgan fingerprint density at radius 1 is 0.662 bits per heavy atom. The molecular weight excluding hydrogens is 1010 g/mol. The number of para-hydroxylation sites is 2. The number of H-pyrrole nitrogens is 2. The second-order valence-corrected chi connectivity index (χ2v) is 21.9. The molecular formula is C62H80N12O6. The minimum atomic E-state index is -0.950. The number of aromatic nitrogens is 4. The molecule has 18 nitrogen and oxygen atoms in total. The minimum absolute atomic E-state index is 0.0294. The van der Waals surface area contributed by atoms with Crippen LogP contribution >= 0.6 is 0 Å². The van der Waals surface area contributed by atoms with Gasteiger partial charge in [0.15, 0.2) is 0 Å². The highest BCUT2D eigenvalue weighted by Crippen LogP contribution is 2.40. The molecule has 6 N–H and O–H groups in total. The number of likely N-dealkylation sites (N-methyl/N-ethyl adjacent to an activating group) is 3. The number of benzene rings is 4. The average molecular weight is 1090 g/mol. The molecule has 424 valence electrons. The summed E-state index contributed by atoms with van der Waals surface area (Å²) in [5.41, 5.74) is 7.67. The first kappa shape index (κ1) is 57.3. The van der Waals surface area contributed by atoms with Crippen molar-refractivity contribution in [3.8, 4) is 22.3 Å². The quantitative estimate of drug-likeness (QED) is 0.0346. The van der Waals surface area contributed by atoms with Crippen LogP contribution in [0.3, 0.4) is 0 Å². The second kappa shape index (κ2) is 26.7. The number of rotatable bonds is 23. The van der Waals surface area contributed by atoms with Crippen LogP contribution in [-0.2, 0) is 28.8 Å². The molecule has 3 fully saturated rings. The van der Waals surface area contributed by atoms with Crippen molar-refractivity contribution in [2.75, 3.05) is 46.8 Å². The predicted octanol–water partition coefficient (Wildman–Crippen LogP) is 7.56. The van der Waals surface area contributed by atoms with E-state index in [0.29, 0.717) is 64.0 Å². The van der Waals surface area contributed by atoms with Gasteiger partial charge in [-0.05, 0) is 103 Å². The van der Waals surface area contributed by atoms with Crippen molar-refractivity contribution in [3.63, 3.8) is 0 Å². The summed E-state index contributed by atoms with van der Waals surface area (Å²) in [6, 6.07) is 28.7. The monoisotopic (exact) mass is 1090 g/mol. The van der Waals surface area contributed by atoms with Crippen molar-refractivity contribution in [3.05, 3.63) is 109 Å². The number of aromatic amines is 2. The van der Waals surface area contributed by atoms with Crippen molar-refractivity contribution in [2.24, 2.45) is 0 Å². The Balaban J connectivity index is 0.760. The third-order valence-electron chi connectivity index (χ3n) is 16.7. The third-order valence-corrected chi connectivity index (χ3v) is 16.7. The number of likely N-dealkylation sites (tertiary alicyclic amines) is 1. The molecule has 9 rings (SSSR count). The van der Waals surface area contributed by atoms with Crippen LogP contribution in [0, 0.1) is 0 Å². The largest absolute Gasteiger partial charge is 0.341 e. The van der Waals surface area contributed by atoms with Crippen molar-refractivity contribution in [1.29, 1.82) is 0 Å². The van der Waals surface area contributed by atoms with Gasteiger partial charge in [-0.1, -0.05) is 111 Å². The second-order valence-electron chi connectivity index (χ2n) is 21.9. The number of nitrogens with zero attached hydrogens (tertiary/aromatic N) is 6. The highest BCUT2D eigenvalue weighted by molar-refractivity contribution is 5.95. The molecule has 0 radical (unpaired) electrons. The average Bonchev–Trinajstić information content (AvgIpc) is 4.43. The zero-order valence-electron chi connectivity index (χ0n) is 47.1. The van der Waals surface area contributed by atoms with Gasteiger partial charge in [-0.15, -0.1) is 0 Å². The van der Waals surface area contributed by atoms with Crippen LogP contribution in [0.15, 0.2) is 97.1 Å². The topological polar surface area (TPSA) is 221 Å². The van der Waals surface area contributed by atoms with E-state index in [1.807, 2.05) is 77.4 Å². The molecule has 0 saturated carbocycles. The number of hydrogen-bond acceptors (Lipinski definition) is 10. The Kier molecular flexibility index (Phi) is 19.1. The van der Waals surface area contributed by atoms with E-state index in [-0.39, 0.29) is 66.7 Å². The molecule has 3 aliphatic rings. The number of nitrogens with one attached hydrogen (secondary N) is 6. The lowest BCUT2D eigenvalue weighted by Gasteiger charge is -2.39. The Morgan fingerprint density at radius 2 is 1.24 bits per heavy atom. The van der Waals surface area contributed by atoms with E-state index in [1.165, 1.54) is 0 Å². The summed E-state index contributed by atoms with van der Waals surface area (Å²) in [4.78, 5) is 108. The van der Waals surface area contributed by atoms with Crippen molar-refractivity contribution in [2.45, 2.75) is 147 Å². The van der Waals surface area contributed by atoms with Crippen LogP contribution in [0.4, 0.5) is 0 Å². The summed E-state index contributed by atoms with van der Waals surface area (Å²) < 4.78 is 0. The Hall–Kier alpha value is -7.44. The Labute approximate surface area is 469 Å². The van der Waals surface area contributed by atoms with Gasteiger partial charge in [0.05, 0.1) is 46.2 Å². The summed E-state index contributed by atoms with van der Waals surface area (Å²) in [7, 11) is 3.39. The van der Waals surface area contributed by atoms with Crippen LogP contribution in [0.2, 0.25) is 0 Å². The van der Waals surface area contributed by atoms with E-state index in [0.717, 1.165) is 95.1 Å². The summed E-state index contributed by atoms with van der Waals surface area (Å²) in [6.45, 7) is 6.89. The number of carbonyl (C=O) groups excluding carboxylic acids is 6. The van der Waals surface area contributed by atoms with Gasteiger partial charge in [0, 0.05) is 62.7 Å². The predicted molar refractivity (Wildman–Crippen MR) is 311 cm³/mol. The van der Waals surface area contributed by atoms with Gasteiger partial charge < -0.3 is 50.8 Å². The molecule has 3 saturated heterocycles. The van der Waals surface area contributed by atoms with E-state index < -0.39 is 24.2 Å². The van der Waals surface area contributed by atoms with Crippen LogP contribution < -0.4 is 21.3 Å². The van der Waals surface area contributed by atoms with Crippen LogP contribution in [0.5, 0.6) is 0 Å². The maximum absolute atomic E-state index is 14.7. The van der Waals surface area contributed by atoms with Crippen LogP contribution in [-0.4, -0.2) is 152 Å². The Bertz CT molecular complexity index is 3110. The fraction of sp³-hybridized carbons (Fsp3) is 0.484. The molecule has 5 heterocycles. The number of carbonyl (C=O) groups is 6. The first-order valence-corrected chi connectivity index (χ1v) is 29.1. The maximum Gasteiger partial charge on any atom is 0.247 e. The van der Waals surface area contributed by atoms with Gasteiger partial charge in [-0.3, -0.25) is 28.8 Å². The molecule has 0 bridgehead atoms. The fourth-order valence-corrected chi connectivity index (χ4v) is 11.9. The van der Waals surface area contributed by atoms with E-state index in [9.17, 15) is 28.8 Å². The van der Waals surface area contributed by atoms with Crippen LogP contribution in [0.1, 0.15) is 128 Å². The lowest BCUT2D eigenvalue weighted by molar-refractivity contribution is -0.144. The van der Waals surface area contributed by atoms with Gasteiger partial charge in [0.2, 0.25) is 35.4 Å². The first-order valence-electron chi connectivity index (χ1n) is 29.1. The highest BCUT2D eigenvalue weighted by atomic mass is 16.2. The maximum atomic E-state index is 14.7. The van der Waals surface area contributed by atoms with Crippen molar-refractivity contribution >= 4 is 57.5 Å². The zero-order chi connectivity index (χ0) is 56.3. The van der Waals surface area contributed by atoms with Gasteiger partial charge in [0.25, 0.3) is 0 Å². The standard InChI is InChI=1S/C62H80N12O6/c1-6-71(38-49(67-59(77)40(2)63-4)61(79)73-36-21-30-51(73)57-65-47-28-19-26-45(55(47)69-57)42-22-13-11-14-23-42)53(75)31-17-9-7-8-10-18-32-54(76)72-37-35-44-33-34-52(74(44)62(80)50(39-72)68-60(78)41(3)64-5)58-66-48-29-20-27-46(56(48)70-58)43-24-15-12-16-25-43/h11-16,19-20,22-29,40-41,44,49-52,63-64H,6-10,17-18,21,30-39H2,1-5H3,(H,65,69)(H,66,70)(H,67,77)(H,68,78)/t40-,41-,44+,49-,50-,51-,52-/m0/s1. The third kappa shape index (κ3) is 13.1. The molecule has 2 aromatic heterocycles. The first-order chi connectivity index (χ1) is 38.9. The molecule has 0 spiro atoms. The van der Waals surface area contributed by atoms with Crippen LogP contribution in [0.25, 0.3) is 44.3 Å². The molecule has 6 amide bonds. The molecule has 7 atom stereocenters. The number of hydrogen-bond donors (Lipinski definition) is 6. The number of unbranched alkanes of at least 4 members (excludes halogenated alkanes) is 5. The molecule has 3 aliphatic heterocycles. The summed E-state index contributed by atoms with van der Waals surface area (Å²) in [5.74, 6) is 0.253. The minimum Gasteiger partial charge on any atom is -0.341 e. The van der Waals surface area contributed by atoms with Crippen molar-refractivity contribution < 1.29 is 28.8 Å². The molecule has 6 aromatic rings. The smallest absolute Gasteiger partial charge is 0.247 e. The normalized spacial score (nSPS) is 19.6. The summed E-state index contributed by atoms with van der Waals surface area (Å²) in [5, 5.41) is 11.9. The molecule has 80 heavy (non-hydrogen) atoms. The highest BCUT2D eigenvalue weighted by Gasteiger charge is 2.45. The number of amides is 6. The Morgan fingerprint density at radius 3 is 1.84 bits per heavy atom. The fourth-order valence-electron chi connectivity index (χ4n) is 11.9. The molecule has 0 aliphatic carbocycles. The molecule has 4 aromatic carbocycles. The van der Waals surface area contributed by atoms with E-state index in [1.54, 1.807) is 37.7 Å². The number of imidazole rings is 2.